The summed E-state index contributed by atoms with van der Waals surface area (Å²) in [6.07, 6.45) is 22.2. The average Bonchev–Trinajstić information content (AvgIpc) is 2.51. The van der Waals surface area contributed by atoms with Crippen molar-refractivity contribution in [3.63, 3.8) is 0 Å². The summed E-state index contributed by atoms with van der Waals surface area (Å²) in [4.78, 5) is 13.4. The Bertz CT molecular complexity index is 369. The molecular formula is C18H31N3O. The van der Waals surface area contributed by atoms with E-state index in [-0.39, 0.29) is 5.91 Å². The van der Waals surface area contributed by atoms with Crippen molar-refractivity contribution in [3.8, 4) is 0 Å². The number of nitrogens with zero attached hydrogens (tertiary/aromatic N) is 3. The number of carbonyl (C=O) groups is 1. The van der Waals surface area contributed by atoms with Crippen LogP contribution in [0, 0.1) is 0 Å². The molecule has 0 N–H and O–H groups in total. The molecule has 124 valence electrons. The van der Waals surface area contributed by atoms with E-state index in [2.05, 4.69) is 41.3 Å². The molecule has 0 saturated carbocycles. The summed E-state index contributed by atoms with van der Waals surface area (Å²) < 4.78 is 0. The van der Waals surface area contributed by atoms with Crippen molar-refractivity contribution in [1.29, 1.82) is 0 Å². The SMILES string of the molecule is CCCCCC=CCC=CCCCCCCCC(=O)N=[N+]=[N-]. The Kier molecular flexibility index (Phi) is 16.3. The minimum atomic E-state index is -0.340. The predicted octanol–water partition coefficient (Wildman–Crippen LogP) is 6.64. The van der Waals surface area contributed by atoms with Crippen LogP contribution in [0.3, 0.4) is 0 Å². The van der Waals surface area contributed by atoms with Gasteiger partial charge >= 0.3 is 0 Å². The molecule has 0 spiro atoms. The lowest BCUT2D eigenvalue weighted by Crippen LogP contribution is -1.90. The van der Waals surface area contributed by atoms with Gasteiger partial charge in [0.25, 0.3) is 0 Å². The second kappa shape index (κ2) is 17.5. The van der Waals surface area contributed by atoms with Crippen LogP contribution in [0.4, 0.5) is 0 Å². The maximum Gasteiger partial charge on any atom is 0.218 e. The maximum absolute atomic E-state index is 10.9. The Labute approximate surface area is 135 Å². The summed E-state index contributed by atoms with van der Waals surface area (Å²) in [5.41, 5.74) is 8.09. The van der Waals surface area contributed by atoms with Crippen molar-refractivity contribution in [2.45, 2.75) is 84.0 Å². The summed E-state index contributed by atoms with van der Waals surface area (Å²) in [6.45, 7) is 2.23. The lowest BCUT2D eigenvalue weighted by atomic mass is 10.1. The Morgan fingerprint density at radius 3 is 2.14 bits per heavy atom. The molecule has 0 rings (SSSR count). The van der Waals surface area contributed by atoms with E-state index < -0.39 is 0 Å². The first kappa shape index (κ1) is 20.5. The van der Waals surface area contributed by atoms with Gasteiger partial charge in [0.05, 0.1) is 0 Å². The second-order valence-corrected chi connectivity index (χ2v) is 5.56. The summed E-state index contributed by atoms with van der Waals surface area (Å²) in [5.74, 6) is -0.340. The zero-order chi connectivity index (χ0) is 16.3. The number of carbonyl (C=O) groups excluding carboxylic acids is 1. The van der Waals surface area contributed by atoms with Crippen LogP contribution in [0.2, 0.25) is 0 Å². The van der Waals surface area contributed by atoms with Gasteiger partial charge in [-0.15, -0.1) is 0 Å². The third kappa shape index (κ3) is 16.5. The van der Waals surface area contributed by atoms with Gasteiger partial charge in [-0.3, -0.25) is 4.79 Å². The van der Waals surface area contributed by atoms with Gasteiger partial charge in [-0.25, -0.2) is 0 Å². The molecular weight excluding hydrogens is 274 g/mol. The van der Waals surface area contributed by atoms with Crippen LogP contribution in [0.1, 0.15) is 84.0 Å². The van der Waals surface area contributed by atoms with Crippen molar-refractivity contribution in [2.75, 3.05) is 0 Å². The highest BCUT2D eigenvalue weighted by Gasteiger charge is 1.97. The molecule has 0 aromatic carbocycles. The summed E-state index contributed by atoms with van der Waals surface area (Å²) in [5, 5.41) is 3.06. The van der Waals surface area contributed by atoms with Gasteiger partial charge in [0.2, 0.25) is 5.91 Å². The fraction of sp³-hybridized carbons (Fsp3) is 0.722. The van der Waals surface area contributed by atoms with Crippen LogP contribution in [-0.2, 0) is 4.79 Å². The van der Waals surface area contributed by atoms with E-state index in [1.165, 1.54) is 38.5 Å². The van der Waals surface area contributed by atoms with Crippen LogP contribution in [0.25, 0.3) is 10.4 Å². The lowest BCUT2D eigenvalue weighted by Gasteiger charge is -1.98. The average molecular weight is 305 g/mol. The molecule has 4 nitrogen and oxygen atoms in total. The van der Waals surface area contributed by atoms with Gasteiger partial charge in [0.15, 0.2) is 0 Å². The Morgan fingerprint density at radius 1 is 0.909 bits per heavy atom. The quantitative estimate of drug-likeness (QED) is 0.117. The fourth-order valence-corrected chi connectivity index (χ4v) is 2.19. The van der Waals surface area contributed by atoms with Gasteiger partial charge < -0.3 is 0 Å². The third-order valence-corrected chi connectivity index (χ3v) is 3.50. The Balaban J connectivity index is 3.26. The molecule has 0 aromatic heterocycles. The highest BCUT2D eigenvalue weighted by Crippen LogP contribution is 2.08. The molecule has 0 aliphatic rings. The topological polar surface area (TPSA) is 65.8 Å². The molecule has 0 atom stereocenters. The van der Waals surface area contributed by atoms with Crippen molar-refractivity contribution in [3.05, 3.63) is 34.7 Å². The Hall–Kier alpha value is -1.54. The second-order valence-electron chi connectivity index (χ2n) is 5.56. The van der Waals surface area contributed by atoms with Gasteiger partial charge in [-0.1, -0.05) is 63.3 Å². The smallest absolute Gasteiger partial charge is 0.218 e. The van der Waals surface area contributed by atoms with E-state index in [1.54, 1.807) is 0 Å². The lowest BCUT2D eigenvalue weighted by molar-refractivity contribution is -0.118. The van der Waals surface area contributed by atoms with E-state index in [9.17, 15) is 4.79 Å². The number of hydrogen-bond acceptors (Lipinski definition) is 1. The van der Waals surface area contributed by atoms with Crippen LogP contribution in [0.5, 0.6) is 0 Å². The number of unbranched alkanes of at least 4 members (excludes halogenated alkanes) is 8. The van der Waals surface area contributed by atoms with Crippen LogP contribution >= 0.6 is 0 Å². The number of amides is 1. The standard InChI is InChI=1S/C18H31N3O/c1-2-3-4-5-6-7-8-9-10-11-12-13-14-15-16-17-18(22)20-21-19/h6-7,9-10H,2-5,8,11-17H2,1H3. The number of hydrogen-bond donors (Lipinski definition) is 0. The van der Waals surface area contributed by atoms with Gasteiger partial charge in [-0.05, 0) is 49.2 Å². The molecule has 1 amide bonds. The van der Waals surface area contributed by atoms with Crippen molar-refractivity contribution in [2.24, 2.45) is 5.11 Å². The van der Waals surface area contributed by atoms with Crippen LogP contribution < -0.4 is 0 Å². The normalized spacial score (nSPS) is 11.1. The van der Waals surface area contributed by atoms with E-state index in [1.807, 2.05) is 0 Å². The minimum Gasteiger partial charge on any atom is -0.293 e. The first-order valence-corrected chi connectivity index (χ1v) is 8.69. The van der Waals surface area contributed by atoms with E-state index in [4.69, 9.17) is 5.53 Å². The predicted molar refractivity (Wildman–Crippen MR) is 93.5 cm³/mol. The number of azide groups is 1. The highest BCUT2D eigenvalue weighted by atomic mass is 16.1. The van der Waals surface area contributed by atoms with Gasteiger partial charge in [0.1, 0.15) is 0 Å². The fourth-order valence-electron chi connectivity index (χ4n) is 2.19. The molecule has 0 aliphatic heterocycles. The molecule has 0 heterocycles. The first-order chi connectivity index (χ1) is 10.8. The van der Waals surface area contributed by atoms with Crippen LogP contribution in [-0.4, -0.2) is 5.91 Å². The number of rotatable bonds is 14. The molecule has 0 aliphatic carbocycles. The van der Waals surface area contributed by atoms with E-state index >= 15 is 0 Å². The summed E-state index contributed by atoms with van der Waals surface area (Å²) in [6, 6.07) is 0. The summed E-state index contributed by atoms with van der Waals surface area (Å²) in [7, 11) is 0. The first-order valence-electron chi connectivity index (χ1n) is 8.69. The summed E-state index contributed by atoms with van der Waals surface area (Å²) >= 11 is 0. The van der Waals surface area contributed by atoms with Crippen molar-refractivity contribution in [1.82, 2.24) is 0 Å². The number of allylic oxidation sites excluding steroid dienone is 4. The minimum absolute atomic E-state index is 0.340. The zero-order valence-electron chi connectivity index (χ0n) is 14.0. The molecule has 0 radical (unpaired) electrons. The van der Waals surface area contributed by atoms with Crippen molar-refractivity contribution < 1.29 is 4.79 Å². The van der Waals surface area contributed by atoms with E-state index in [0.717, 1.165) is 32.1 Å². The maximum atomic E-state index is 10.9. The largest absolute Gasteiger partial charge is 0.293 e. The molecule has 0 saturated heterocycles. The zero-order valence-corrected chi connectivity index (χ0v) is 14.0. The van der Waals surface area contributed by atoms with Crippen molar-refractivity contribution >= 4 is 5.91 Å². The third-order valence-electron chi connectivity index (χ3n) is 3.50. The molecule has 22 heavy (non-hydrogen) atoms. The Morgan fingerprint density at radius 2 is 1.50 bits per heavy atom. The molecule has 0 unspecified atom stereocenters. The monoisotopic (exact) mass is 305 g/mol. The van der Waals surface area contributed by atoms with Crippen LogP contribution in [0.15, 0.2) is 29.4 Å². The van der Waals surface area contributed by atoms with E-state index in [0.29, 0.717) is 6.42 Å². The molecule has 0 fully saturated rings. The van der Waals surface area contributed by atoms with Gasteiger partial charge in [0, 0.05) is 11.3 Å². The highest BCUT2D eigenvalue weighted by molar-refractivity contribution is 5.76. The molecule has 0 bridgehead atoms. The van der Waals surface area contributed by atoms with Gasteiger partial charge in [-0.2, -0.15) is 0 Å². The molecule has 4 heteroatoms. The molecule has 0 aromatic rings.